The highest BCUT2D eigenvalue weighted by atomic mass is 16.5. The lowest BCUT2D eigenvalue weighted by molar-refractivity contribution is 0.344. The average Bonchev–Trinajstić information content (AvgIpc) is 3.19. The third kappa shape index (κ3) is 2.17. The van der Waals surface area contributed by atoms with E-state index >= 15 is 0 Å². The topological polar surface area (TPSA) is 102 Å². The van der Waals surface area contributed by atoms with E-state index in [2.05, 4.69) is 15.1 Å². The maximum atomic E-state index is 10.4. The minimum Gasteiger partial charge on any atom is -0.510 e. The van der Waals surface area contributed by atoms with E-state index in [1.807, 2.05) is 38.1 Å². The van der Waals surface area contributed by atoms with E-state index in [0.29, 0.717) is 17.9 Å². The van der Waals surface area contributed by atoms with Crippen LogP contribution in [0.4, 0.5) is 0 Å². The molecule has 7 nitrogen and oxygen atoms in total. The zero-order valence-electron chi connectivity index (χ0n) is 13.4. The number of nitrogens with zero attached hydrogens (tertiary/aromatic N) is 3. The van der Waals surface area contributed by atoms with E-state index in [0.717, 1.165) is 28.1 Å². The average molecular weight is 323 g/mol. The van der Waals surface area contributed by atoms with Crippen molar-refractivity contribution in [1.29, 1.82) is 5.41 Å². The van der Waals surface area contributed by atoms with Crippen LogP contribution in [0.1, 0.15) is 22.8 Å². The molecule has 1 aromatic carbocycles. The Morgan fingerprint density at radius 1 is 1.33 bits per heavy atom. The smallest absolute Gasteiger partial charge is 0.145 e. The van der Waals surface area contributed by atoms with Crippen LogP contribution in [0, 0.1) is 19.3 Å². The summed E-state index contributed by atoms with van der Waals surface area (Å²) in [7, 11) is 0. The molecule has 24 heavy (non-hydrogen) atoms. The summed E-state index contributed by atoms with van der Waals surface area (Å²) in [5.41, 5.74) is 3.88. The van der Waals surface area contributed by atoms with Gasteiger partial charge in [0.1, 0.15) is 23.2 Å². The summed E-state index contributed by atoms with van der Waals surface area (Å²) < 4.78 is 5.18. The maximum Gasteiger partial charge on any atom is 0.145 e. The van der Waals surface area contributed by atoms with Gasteiger partial charge in [-0.3, -0.25) is 5.41 Å². The lowest BCUT2D eigenvalue weighted by atomic mass is 10.2. The van der Waals surface area contributed by atoms with E-state index in [-0.39, 0.29) is 18.1 Å². The van der Waals surface area contributed by atoms with E-state index in [4.69, 9.17) is 9.93 Å². The maximum absolute atomic E-state index is 10.4. The summed E-state index contributed by atoms with van der Waals surface area (Å²) in [6.45, 7) is 4.46. The molecule has 0 bridgehead atoms. The van der Waals surface area contributed by atoms with Crippen LogP contribution in [0.15, 0.2) is 34.5 Å². The van der Waals surface area contributed by atoms with Crippen molar-refractivity contribution in [2.75, 3.05) is 6.54 Å². The van der Waals surface area contributed by atoms with Crippen molar-refractivity contribution in [2.45, 2.75) is 20.4 Å². The molecular formula is C17H17N5O2. The van der Waals surface area contributed by atoms with Crippen molar-refractivity contribution in [1.82, 2.24) is 20.0 Å². The number of H-pyrrole nitrogens is 1. The Kier molecular flexibility index (Phi) is 3.16. The number of fused-ring (bicyclic) bond motifs is 1. The number of hydrogen-bond acceptors (Lipinski definition) is 5. The summed E-state index contributed by atoms with van der Waals surface area (Å²) in [5.74, 6) is 1.63. The van der Waals surface area contributed by atoms with Crippen LogP contribution in [-0.4, -0.2) is 37.5 Å². The number of amidine groups is 1. The quantitative estimate of drug-likeness (QED) is 0.688. The second kappa shape index (κ2) is 5.23. The molecule has 0 atom stereocenters. The van der Waals surface area contributed by atoms with Crippen molar-refractivity contribution >= 4 is 22.4 Å². The predicted molar refractivity (Wildman–Crippen MR) is 89.8 cm³/mol. The van der Waals surface area contributed by atoms with Crippen molar-refractivity contribution in [3.63, 3.8) is 0 Å². The van der Waals surface area contributed by atoms with Crippen LogP contribution >= 0.6 is 0 Å². The molecule has 4 rings (SSSR count). The standard InChI is InChI=1S/C17H17N5O2/c1-9-11(10(2)24-21-9)7-22-8-14(23)15(16(22)18)17-19-12-5-3-4-6-13(12)20-17/h3-6,18,23H,7-8H2,1-2H3,(H,19,20). The molecular weight excluding hydrogens is 306 g/mol. The Morgan fingerprint density at radius 2 is 2.12 bits per heavy atom. The van der Waals surface area contributed by atoms with Gasteiger partial charge in [0.2, 0.25) is 0 Å². The van der Waals surface area contributed by atoms with Gasteiger partial charge in [-0.25, -0.2) is 4.98 Å². The molecule has 0 amide bonds. The SMILES string of the molecule is Cc1noc(C)c1CN1CC(O)=C(c2nc3ccccc3[nH]2)C1=N. The third-order valence-corrected chi connectivity index (χ3v) is 4.34. The van der Waals surface area contributed by atoms with Gasteiger partial charge in [0.05, 0.1) is 35.4 Å². The highest BCUT2D eigenvalue weighted by molar-refractivity contribution is 6.23. The summed E-state index contributed by atoms with van der Waals surface area (Å²) >= 11 is 0. The highest BCUT2D eigenvalue weighted by Crippen LogP contribution is 2.29. The fourth-order valence-electron chi connectivity index (χ4n) is 3.01. The van der Waals surface area contributed by atoms with Gasteiger partial charge in [-0.05, 0) is 26.0 Å². The number of nitrogens with one attached hydrogen (secondary N) is 2. The van der Waals surface area contributed by atoms with Gasteiger partial charge in [-0.15, -0.1) is 0 Å². The molecule has 3 aromatic rings. The molecule has 1 aliphatic rings. The van der Waals surface area contributed by atoms with Crippen molar-refractivity contribution in [2.24, 2.45) is 0 Å². The third-order valence-electron chi connectivity index (χ3n) is 4.34. The van der Waals surface area contributed by atoms with Gasteiger partial charge < -0.3 is 19.5 Å². The minimum atomic E-state index is 0.144. The molecule has 3 N–H and O–H groups in total. The number of aryl methyl sites for hydroxylation is 2. The number of aliphatic hydroxyl groups excluding tert-OH is 1. The summed E-state index contributed by atoms with van der Waals surface area (Å²) in [6.07, 6.45) is 0. The normalized spacial score (nSPS) is 15.1. The van der Waals surface area contributed by atoms with E-state index in [1.54, 1.807) is 4.90 Å². The molecule has 1 aliphatic heterocycles. The molecule has 0 unspecified atom stereocenters. The van der Waals surface area contributed by atoms with Gasteiger partial charge >= 0.3 is 0 Å². The Morgan fingerprint density at radius 3 is 2.83 bits per heavy atom. The van der Waals surface area contributed by atoms with Gasteiger partial charge in [0.25, 0.3) is 0 Å². The molecule has 122 valence electrons. The van der Waals surface area contributed by atoms with Crippen LogP contribution in [0.25, 0.3) is 16.6 Å². The Hall–Kier alpha value is -3.09. The van der Waals surface area contributed by atoms with Crippen LogP contribution < -0.4 is 0 Å². The van der Waals surface area contributed by atoms with Gasteiger partial charge in [0.15, 0.2) is 0 Å². The van der Waals surface area contributed by atoms with E-state index in [1.165, 1.54) is 0 Å². The minimum absolute atomic E-state index is 0.144. The molecule has 2 aromatic heterocycles. The zero-order chi connectivity index (χ0) is 16.8. The van der Waals surface area contributed by atoms with Gasteiger partial charge in [0, 0.05) is 5.56 Å². The molecule has 7 heteroatoms. The van der Waals surface area contributed by atoms with Gasteiger partial charge in [-0.2, -0.15) is 0 Å². The Balaban J connectivity index is 1.65. The first-order valence-electron chi connectivity index (χ1n) is 7.67. The summed E-state index contributed by atoms with van der Waals surface area (Å²) in [5, 5.41) is 22.8. The van der Waals surface area contributed by atoms with Crippen molar-refractivity contribution < 1.29 is 9.63 Å². The number of rotatable bonds is 3. The molecule has 0 spiro atoms. The van der Waals surface area contributed by atoms with Crippen LogP contribution in [-0.2, 0) is 6.54 Å². The lowest BCUT2D eigenvalue weighted by Gasteiger charge is -2.18. The molecule has 0 saturated carbocycles. The highest BCUT2D eigenvalue weighted by Gasteiger charge is 2.31. The second-order valence-electron chi connectivity index (χ2n) is 5.93. The lowest BCUT2D eigenvalue weighted by Crippen LogP contribution is -2.26. The summed E-state index contributed by atoms with van der Waals surface area (Å²) in [6, 6.07) is 7.64. The van der Waals surface area contributed by atoms with Crippen molar-refractivity contribution in [3.8, 4) is 0 Å². The Bertz CT molecular complexity index is 929. The monoisotopic (exact) mass is 323 g/mol. The summed E-state index contributed by atoms with van der Waals surface area (Å²) in [4.78, 5) is 9.45. The molecule has 0 aliphatic carbocycles. The largest absolute Gasteiger partial charge is 0.510 e. The fourth-order valence-corrected chi connectivity index (χ4v) is 3.01. The zero-order valence-corrected chi connectivity index (χ0v) is 13.4. The van der Waals surface area contributed by atoms with Crippen LogP contribution in [0.3, 0.4) is 0 Å². The predicted octanol–water partition coefficient (Wildman–Crippen LogP) is 2.93. The number of imidazole rings is 1. The first-order valence-corrected chi connectivity index (χ1v) is 7.67. The number of hydrogen-bond donors (Lipinski definition) is 3. The Labute approximate surface area is 138 Å². The molecule has 0 radical (unpaired) electrons. The van der Waals surface area contributed by atoms with Crippen molar-refractivity contribution in [3.05, 3.63) is 52.9 Å². The molecule has 0 saturated heterocycles. The number of benzene rings is 1. The number of aromatic nitrogens is 3. The first-order chi connectivity index (χ1) is 11.5. The second-order valence-corrected chi connectivity index (χ2v) is 5.93. The molecule has 0 fully saturated rings. The number of aliphatic hydroxyl groups is 1. The van der Waals surface area contributed by atoms with E-state index < -0.39 is 0 Å². The molecule has 3 heterocycles. The van der Waals surface area contributed by atoms with Gasteiger partial charge in [-0.1, -0.05) is 17.3 Å². The fraction of sp³-hybridized carbons (Fsp3) is 0.235. The number of aromatic amines is 1. The van der Waals surface area contributed by atoms with Crippen LogP contribution in [0.2, 0.25) is 0 Å². The number of para-hydroxylation sites is 2. The van der Waals surface area contributed by atoms with Crippen LogP contribution in [0.5, 0.6) is 0 Å². The first kappa shape index (κ1) is 14.5. The van der Waals surface area contributed by atoms with E-state index in [9.17, 15) is 5.11 Å².